The molecule has 0 radical (unpaired) electrons. The fraction of sp³-hybridized carbons (Fsp3) is 0.929. The van der Waals surface area contributed by atoms with Crippen LogP contribution in [0, 0.1) is 5.92 Å². The first-order valence-electron chi connectivity index (χ1n) is 7.16. The van der Waals surface area contributed by atoms with Crippen LogP contribution in [0.25, 0.3) is 0 Å². The highest BCUT2D eigenvalue weighted by Crippen LogP contribution is 2.26. The number of hydrogen-bond acceptors (Lipinski definition) is 3. The molecule has 106 valence electrons. The Morgan fingerprint density at radius 1 is 1.33 bits per heavy atom. The van der Waals surface area contributed by atoms with Crippen LogP contribution in [0.1, 0.15) is 46.0 Å². The van der Waals surface area contributed by atoms with Gasteiger partial charge in [0.25, 0.3) is 0 Å². The van der Waals surface area contributed by atoms with Crippen molar-refractivity contribution in [3.05, 3.63) is 0 Å². The molecule has 4 heteroatoms. The maximum atomic E-state index is 11.7. The second-order valence-electron chi connectivity index (χ2n) is 5.58. The van der Waals surface area contributed by atoms with E-state index in [1.54, 1.807) is 0 Å². The molecule has 0 heterocycles. The first-order valence-corrected chi connectivity index (χ1v) is 8.45. The van der Waals surface area contributed by atoms with Crippen LogP contribution in [0.15, 0.2) is 0 Å². The van der Waals surface area contributed by atoms with E-state index in [0.717, 1.165) is 13.0 Å². The molecule has 0 spiro atoms. The Labute approximate surface area is 116 Å². The molecule has 2 atom stereocenters. The van der Waals surface area contributed by atoms with Gasteiger partial charge in [0.05, 0.1) is 6.54 Å². The third kappa shape index (κ3) is 6.10. The predicted molar refractivity (Wildman–Crippen MR) is 80.0 cm³/mol. The van der Waals surface area contributed by atoms with Gasteiger partial charge in [-0.15, -0.1) is 0 Å². The summed E-state index contributed by atoms with van der Waals surface area (Å²) in [6, 6.07) is 0.518. The third-order valence-electron chi connectivity index (χ3n) is 3.57. The molecular formula is C14H28N2OS. The van der Waals surface area contributed by atoms with Gasteiger partial charge in [0.1, 0.15) is 0 Å². The van der Waals surface area contributed by atoms with Gasteiger partial charge >= 0.3 is 0 Å². The van der Waals surface area contributed by atoms with E-state index < -0.39 is 0 Å². The van der Waals surface area contributed by atoms with Gasteiger partial charge in [0.15, 0.2) is 0 Å². The van der Waals surface area contributed by atoms with Gasteiger partial charge < -0.3 is 10.6 Å². The molecular weight excluding hydrogens is 244 g/mol. The van der Waals surface area contributed by atoms with Gasteiger partial charge in [-0.2, -0.15) is 11.8 Å². The molecule has 2 unspecified atom stereocenters. The van der Waals surface area contributed by atoms with Crippen molar-refractivity contribution < 1.29 is 4.79 Å². The van der Waals surface area contributed by atoms with Crippen molar-refractivity contribution in [2.75, 3.05) is 19.3 Å². The molecule has 1 saturated carbocycles. The molecule has 1 fully saturated rings. The molecule has 1 rings (SSSR count). The number of rotatable bonds is 7. The predicted octanol–water partition coefficient (Wildman–Crippen LogP) is 2.41. The molecule has 0 aromatic carbocycles. The molecule has 2 N–H and O–H groups in total. The average Bonchev–Trinajstić information content (AvgIpc) is 2.36. The van der Waals surface area contributed by atoms with Crippen LogP contribution in [0.2, 0.25) is 0 Å². The molecule has 3 nitrogen and oxygen atoms in total. The summed E-state index contributed by atoms with van der Waals surface area (Å²) in [5.74, 6) is 0.790. The van der Waals surface area contributed by atoms with Gasteiger partial charge in [0, 0.05) is 17.8 Å². The Kier molecular flexibility index (Phi) is 7.75. The normalized spacial score (nSPS) is 24.2. The SMILES string of the molecule is CSC1CCCCC1NCC(=O)NCCC(C)C. The van der Waals surface area contributed by atoms with Gasteiger partial charge in [0.2, 0.25) is 5.91 Å². The van der Waals surface area contributed by atoms with E-state index in [-0.39, 0.29) is 5.91 Å². The second kappa shape index (κ2) is 8.81. The van der Waals surface area contributed by atoms with Crippen LogP contribution in [-0.2, 0) is 4.79 Å². The van der Waals surface area contributed by atoms with Crippen LogP contribution >= 0.6 is 11.8 Å². The van der Waals surface area contributed by atoms with E-state index in [1.807, 2.05) is 11.8 Å². The minimum atomic E-state index is 0.140. The molecule has 0 saturated heterocycles. The van der Waals surface area contributed by atoms with E-state index in [1.165, 1.54) is 25.7 Å². The third-order valence-corrected chi connectivity index (χ3v) is 4.74. The molecule has 0 aliphatic heterocycles. The molecule has 0 aromatic heterocycles. The number of amides is 1. The maximum Gasteiger partial charge on any atom is 0.233 e. The highest BCUT2D eigenvalue weighted by Gasteiger charge is 2.24. The lowest BCUT2D eigenvalue weighted by Crippen LogP contribution is -2.45. The van der Waals surface area contributed by atoms with Gasteiger partial charge in [-0.1, -0.05) is 26.7 Å². The molecule has 1 aliphatic carbocycles. The lowest BCUT2D eigenvalue weighted by molar-refractivity contribution is -0.120. The standard InChI is InChI=1S/C14H28N2OS/c1-11(2)8-9-15-14(17)10-16-12-6-4-5-7-13(12)18-3/h11-13,16H,4-10H2,1-3H3,(H,15,17). The molecule has 1 aliphatic rings. The lowest BCUT2D eigenvalue weighted by atomic mass is 9.95. The van der Waals surface area contributed by atoms with Crippen molar-refractivity contribution in [1.29, 1.82) is 0 Å². The minimum absolute atomic E-state index is 0.140. The van der Waals surface area contributed by atoms with Gasteiger partial charge in [-0.25, -0.2) is 0 Å². The zero-order chi connectivity index (χ0) is 13.4. The second-order valence-corrected chi connectivity index (χ2v) is 6.66. The molecule has 0 aromatic rings. The summed E-state index contributed by atoms with van der Waals surface area (Å²) in [4.78, 5) is 11.7. The van der Waals surface area contributed by atoms with E-state index in [4.69, 9.17) is 0 Å². The van der Waals surface area contributed by atoms with Crippen LogP contribution in [0.5, 0.6) is 0 Å². The number of carbonyl (C=O) groups is 1. The van der Waals surface area contributed by atoms with E-state index in [9.17, 15) is 4.79 Å². The smallest absolute Gasteiger partial charge is 0.233 e. The first kappa shape index (κ1) is 15.8. The van der Waals surface area contributed by atoms with Crippen LogP contribution in [0.4, 0.5) is 0 Å². The summed E-state index contributed by atoms with van der Waals surface area (Å²) in [6.07, 6.45) is 8.36. The average molecular weight is 272 g/mol. The zero-order valence-electron chi connectivity index (χ0n) is 12.0. The lowest BCUT2D eigenvalue weighted by Gasteiger charge is -2.30. The summed E-state index contributed by atoms with van der Waals surface area (Å²) < 4.78 is 0. The number of hydrogen-bond donors (Lipinski definition) is 2. The largest absolute Gasteiger partial charge is 0.355 e. The fourth-order valence-electron chi connectivity index (χ4n) is 2.40. The first-order chi connectivity index (χ1) is 8.63. The van der Waals surface area contributed by atoms with E-state index in [0.29, 0.717) is 23.8 Å². The Balaban J connectivity index is 2.16. The monoisotopic (exact) mass is 272 g/mol. The molecule has 18 heavy (non-hydrogen) atoms. The van der Waals surface area contributed by atoms with Crippen molar-refractivity contribution in [2.24, 2.45) is 5.92 Å². The highest BCUT2D eigenvalue weighted by atomic mass is 32.2. The summed E-state index contributed by atoms with van der Waals surface area (Å²) in [6.45, 7) is 5.62. The highest BCUT2D eigenvalue weighted by molar-refractivity contribution is 7.99. The topological polar surface area (TPSA) is 41.1 Å². The van der Waals surface area contributed by atoms with Crippen LogP contribution < -0.4 is 10.6 Å². The van der Waals surface area contributed by atoms with Crippen molar-refractivity contribution in [1.82, 2.24) is 10.6 Å². The Hall–Kier alpha value is -0.220. The number of thioether (sulfide) groups is 1. The Morgan fingerprint density at radius 3 is 2.72 bits per heavy atom. The number of carbonyl (C=O) groups excluding carboxylic acids is 1. The van der Waals surface area contributed by atoms with Crippen LogP contribution in [-0.4, -0.2) is 36.5 Å². The van der Waals surface area contributed by atoms with Crippen molar-refractivity contribution in [3.63, 3.8) is 0 Å². The summed E-state index contributed by atoms with van der Waals surface area (Å²) in [5, 5.41) is 7.09. The van der Waals surface area contributed by atoms with Gasteiger partial charge in [-0.3, -0.25) is 4.79 Å². The van der Waals surface area contributed by atoms with Gasteiger partial charge in [-0.05, 0) is 31.4 Å². The van der Waals surface area contributed by atoms with Crippen molar-refractivity contribution in [2.45, 2.75) is 57.2 Å². The minimum Gasteiger partial charge on any atom is -0.355 e. The number of nitrogens with one attached hydrogen (secondary N) is 2. The van der Waals surface area contributed by atoms with Crippen molar-refractivity contribution >= 4 is 17.7 Å². The summed E-state index contributed by atoms with van der Waals surface area (Å²) >= 11 is 1.93. The zero-order valence-corrected chi connectivity index (χ0v) is 12.8. The quantitative estimate of drug-likeness (QED) is 0.748. The Morgan fingerprint density at radius 2 is 2.06 bits per heavy atom. The summed E-state index contributed by atoms with van der Waals surface area (Å²) in [5.41, 5.74) is 0. The molecule has 0 bridgehead atoms. The van der Waals surface area contributed by atoms with Crippen LogP contribution in [0.3, 0.4) is 0 Å². The molecule has 1 amide bonds. The van der Waals surface area contributed by atoms with Crippen molar-refractivity contribution in [3.8, 4) is 0 Å². The van der Waals surface area contributed by atoms with E-state index >= 15 is 0 Å². The maximum absolute atomic E-state index is 11.7. The van der Waals surface area contributed by atoms with E-state index in [2.05, 4.69) is 30.7 Å². The fourth-order valence-corrected chi connectivity index (χ4v) is 3.36. The Bertz CT molecular complexity index is 246. The summed E-state index contributed by atoms with van der Waals surface area (Å²) in [7, 11) is 0.